The summed E-state index contributed by atoms with van der Waals surface area (Å²) in [6, 6.07) is 10.3. The molecule has 0 unspecified atom stereocenters. The number of carbonyl (C=O) groups excluding carboxylic acids is 1. The van der Waals surface area contributed by atoms with Crippen LogP contribution >= 0.6 is 0 Å². The Morgan fingerprint density at radius 1 is 1.13 bits per heavy atom. The number of carbonyl (C=O) groups is 1. The highest BCUT2D eigenvalue weighted by Crippen LogP contribution is 2.14. The predicted octanol–water partition coefficient (Wildman–Crippen LogP) is 2.86. The van der Waals surface area contributed by atoms with Crippen molar-refractivity contribution in [1.82, 2.24) is 5.32 Å². The number of benzene rings is 2. The molecule has 2 aromatic rings. The zero-order valence-corrected chi connectivity index (χ0v) is 12.5. The lowest BCUT2D eigenvalue weighted by atomic mass is 10.2. The fourth-order valence-electron chi connectivity index (χ4n) is 1.73. The van der Waals surface area contributed by atoms with Crippen LogP contribution in [0.3, 0.4) is 0 Å². The van der Waals surface area contributed by atoms with E-state index < -0.39 is 22.0 Å². The van der Waals surface area contributed by atoms with E-state index in [4.69, 9.17) is 4.55 Å². The van der Waals surface area contributed by atoms with Crippen LogP contribution in [-0.2, 0) is 10.1 Å². The highest BCUT2D eigenvalue weighted by Gasteiger charge is 2.10. The van der Waals surface area contributed by atoms with Crippen molar-refractivity contribution in [2.24, 2.45) is 0 Å². The van der Waals surface area contributed by atoms with Crippen molar-refractivity contribution in [2.75, 3.05) is 5.32 Å². The standard InChI is InChI=1S/C15H13FN2O4S/c16-12-4-1-3-11(9-12)7-8-17-15(19)18-13-5-2-6-14(10-13)23(20,21)22/h1-10H,(H2,17,18,19)(H,20,21,22)/b8-7+. The van der Waals surface area contributed by atoms with Gasteiger partial charge >= 0.3 is 6.03 Å². The Morgan fingerprint density at radius 3 is 2.57 bits per heavy atom. The van der Waals surface area contributed by atoms with Crippen molar-refractivity contribution < 1.29 is 22.2 Å². The molecule has 0 radical (unpaired) electrons. The second-order valence-corrected chi connectivity index (χ2v) is 5.91. The van der Waals surface area contributed by atoms with E-state index in [-0.39, 0.29) is 10.6 Å². The summed E-state index contributed by atoms with van der Waals surface area (Å²) in [4.78, 5) is 11.3. The Morgan fingerprint density at radius 2 is 1.87 bits per heavy atom. The number of urea groups is 1. The van der Waals surface area contributed by atoms with Crippen LogP contribution in [0.2, 0.25) is 0 Å². The first kappa shape index (κ1) is 16.7. The lowest BCUT2D eigenvalue weighted by molar-refractivity contribution is 0.255. The lowest BCUT2D eigenvalue weighted by Crippen LogP contribution is -2.23. The van der Waals surface area contributed by atoms with E-state index in [0.717, 1.165) is 6.07 Å². The molecule has 0 atom stereocenters. The molecular weight excluding hydrogens is 323 g/mol. The third-order valence-electron chi connectivity index (χ3n) is 2.73. The Kier molecular flexibility index (Phi) is 5.09. The molecular formula is C15H13FN2O4S. The largest absolute Gasteiger partial charge is 0.323 e. The number of halogens is 1. The highest BCUT2D eigenvalue weighted by atomic mass is 32.2. The molecule has 0 spiro atoms. The van der Waals surface area contributed by atoms with Crippen molar-refractivity contribution in [2.45, 2.75) is 4.90 Å². The Bertz CT molecular complexity index is 850. The first-order valence-corrected chi connectivity index (χ1v) is 7.86. The molecule has 0 aliphatic heterocycles. The molecule has 0 aliphatic rings. The van der Waals surface area contributed by atoms with Gasteiger partial charge in [-0.25, -0.2) is 9.18 Å². The molecule has 0 aromatic heterocycles. The summed E-state index contributed by atoms with van der Waals surface area (Å²) in [6.07, 6.45) is 2.81. The zero-order chi connectivity index (χ0) is 16.9. The van der Waals surface area contributed by atoms with Crippen LogP contribution in [0.5, 0.6) is 0 Å². The molecule has 0 saturated heterocycles. The summed E-state index contributed by atoms with van der Waals surface area (Å²) < 4.78 is 43.9. The van der Waals surface area contributed by atoms with Crippen LogP contribution in [0.15, 0.2) is 59.6 Å². The molecule has 0 saturated carbocycles. The minimum Gasteiger partial charge on any atom is -0.314 e. The van der Waals surface area contributed by atoms with Crippen molar-refractivity contribution in [3.8, 4) is 0 Å². The second kappa shape index (κ2) is 7.03. The van der Waals surface area contributed by atoms with E-state index >= 15 is 0 Å². The molecule has 0 heterocycles. The number of rotatable bonds is 4. The molecule has 0 aliphatic carbocycles. The van der Waals surface area contributed by atoms with Crippen molar-refractivity contribution in [1.29, 1.82) is 0 Å². The number of anilines is 1. The SMILES string of the molecule is O=C(N/C=C/c1cccc(F)c1)Nc1cccc(S(=O)(=O)O)c1. The quantitative estimate of drug-likeness (QED) is 0.748. The zero-order valence-electron chi connectivity index (χ0n) is 11.7. The van der Waals surface area contributed by atoms with Gasteiger partial charge in [-0.3, -0.25) is 4.55 Å². The van der Waals surface area contributed by atoms with Gasteiger partial charge in [0.1, 0.15) is 5.82 Å². The monoisotopic (exact) mass is 336 g/mol. The Labute approximate surface area is 132 Å². The Balaban J connectivity index is 1.97. The van der Waals surface area contributed by atoms with E-state index in [1.165, 1.54) is 48.7 Å². The van der Waals surface area contributed by atoms with Gasteiger partial charge in [0.15, 0.2) is 0 Å². The van der Waals surface area contributed by atoms with Gasteiger partial charge in [-0.1, -0.05) is 18.2 Å². The van der Waals surface area contributed by atoms with Gasteiger partial charge in [-0.2, -0.15) is 8.42 Å². The van der Waals surface area contributed by atoms with E-state index in [0.29, 0.717) is 5.56 Å². The van der Waals surface area contributed by atoms with Gasteiger partial charge < -0.3 is 10.6 Å². The fraction of sp³-hybridized carbons (Fsp3) is 0. The smallest absolute Gasteiger partial charge is 0.314 e. The topological polar surface area (TPSA) is 95.5 Å². The molecule has 0 fully saturated rings. The molecule has 0 bridgehead atoms. The van der Waals surface area contributed by atoms with Crippen molar-refractivity contribution >= 4 is 27.9 Å². The number of hydrogen-bond acceptors (Lipinski definition) is 3. The maximum absolute atomic E-state index is 13.0. The third kappa shape index (κ3) is 5.20. The summed E-state index contributed by atoms with van der Waals surface area (Å²) in [6.45, 7) is 0. The summed E-state index contributed by atoms with van der Waals surface area (Å²) in [5.74, 6) is -0.390. The molecule has 3 N–H and O–H groups in total. The minimum absolute atomic E-state index is 0.191. The summed E-state index contributed by atoms with van der Waals surface area (Å²) in [5, 5.41) is 4.79. The molecule has 2 aromatic carbocycles. The third-order valence-corrected chi connectivity index (χ3v) is 3.58. The number of hydrogen-bond donors (Lipinski definition) is 3. The lowest BCUT2D eigenvalue weighted by Gasteiger charge is -2.05. The minimum atomic E-state index is -4.34. The van der Waals surface area contributed by atoms with Crippen LogP contribution in [0.1, 0.15) is 5.56 Å². The van der Waals surface area contributed by atoms with Crippen molar-refractivity contribution in [3.05, 3.63) is 66.1 Å². The maximum atomic E-state index is 13.0. The van der Waals surface area contributed by atoms with Gasteiger partial charge in [0.05, 0.1) is 4.90 Å². The van der Waals surface area contributed by atoms with E-state index in [1.54, 1.807) is 6.07 Å². The van der Waals surface area contributed by atoms with Gasteiger partial charge in [-0.15, -0.1) is 0 Å². The first-order valence-electron chi connectivity index (χ1n) is 6.42. The summed E-state index contributed by atoms with van der Waals surface area (Å²) in [5.41, 5.74) is 0.760. The van der Waals surface area contributed by atoms with Crippen LogP contribution in [0.4, 0.5) is 14.9 Å². The number of amides is 2. The molecule has 6 nitrogen and oxygen atoms in total. The molecule has 2 rings (SSSR count). The second-order valence-electron chi connectivity index (χ2n) is 4.49. The van der Waals surface area contributed by atoms with Crippen LogP contribution < -0.4 is 10.6 Å². The summed E-state index contributed by atoms with van der Waals surface area (Å²) >= 11 is 0. The maximum Gasteiger partial charge on any atom is 0.323 e. The van der Waals surface area contributed by atoms with Gasteiger partial charge in [0, 0.05) is 11.9 Å². The van der Waals surface area contributed by atoms with Gasteiger partial charge in [-0.05, 0) is 42.0 Å². The van der Waals surface area contributed by atoms with Crippen LogP contribution in [0, 0.1) is 5.82 Å². The van der Waals surface area contributed by atoms with Crippen molar-refractivity contribution in [3.63, 3.8) is 0 Å². The first-order chi connectivity index (χ1) is 10.8. The Hall–Kier alpha value is -2.71. The highest BCUT2D eigenvalue weighted by molar-refractivity contribution is 7.85. The molecule has 120 valence electrons. The molecule has 23 heavy (non-hydrogen) atoms. The van der Waals surface area contributed by atoms with E-state index in [1.807, 2.05) is 0 Å². The van der Waals surface area contributed by atoms with Gasteiger partial charge in [0.2, 0.25) is 0 Å². The van der Waals surface area contributed by atoms with E-state index in [2.05, 4.69) is 10.6 Å². The van der Waals surface area contributed by atoms with Gasteiger partial charge in [0.25, 0.3) is 10.1 Å². The molecule has 2 amide bonds. The average Bonchev–Trinajstić information content (AvgIpc) is 2.46. The summed E-state index contributed by atoms with van der Waals surface area (Å²) in [7, 11) is -4.34. The molecule has 8 heteroatoms. The fourth-order valence-corrected chi connectivity index (χ4v) is 2.25. The normalized spacial score (nSPS) is 11.4. The average molecular weight is 336 g/mol. The predicted molar refractivity (Wildman–Crippen MR) is 83.8 cm³/mol. The van der Waals surface area contributed by atoms with Crippen LogP contribution in [0.25, 0.3) is 6.08 Å². The van der Waals surface area contributed by atoms with Crippen LogP contribution in [-0.4, -0.2) is 19.0 Å². The van der Waals surface area contributed by atoms with E-state index in [9.17, 15) is 17.6 Å². The number of nitrogens with one attached hydrogen (secondary N) is 2.